The molecule has 0 radical (unpaired) electrons. The Morgan fingerprint density at radius 2 is 1.97 bits per heavy atom. The van der Waals surface area contributed by atoms with Gasteiger partial charge in [-0.1, -0.05) is 23.9 Å². The summed E-state index contributed by atoms with van der Waals surface area (Å²) in [7, 11) is 0. The largest absolute Gasteiger partial charge is 0.418 e. The minimum absolute atomic E-state index is 0.0310. The molecule has 4 rings (SSSR count). The third-order valence-electron chi connectivity index (χ3n) is 4.80. The lowest BCUT2D eigenvalue weighted by Gasteiger charge is -2.13. The Balaban J connectivity index is 1.55. The van der Waals surface area contributed by atoms with Crippen molar-refractivity contribution in [3.63, 3.8) is 0 Å². The van der Waals surface area contributed by atoms with Crippen LogP contribution in [0.2, 0.25) is 0 Å². The fraction of sp³-hybridized carbons (Fsp3) is 0.350. The summed E-state index contributed by atoms with van der Waals surface area (Å²) in [6.45, 7) is 4.02. The summed E-state index contributed by atoms with van der Waals surface area (Å²) < 4.78 is 39.4. The van der Waals surface area contributed by atoms with E-state index in [0.29, 0.717) is 5.92 Å². The minimum Gasteiger partial charge on any atom is -0.325 e. The summed E-state index contributed by atoms with van der Waals surface area (Å²) in [5.41, 5.74) is -0.0135. The summed E-state index contributed by atoms with van der Waals surface area (Å²) in [5, 5.41) is 4.04. The van der Waals surface area contributed by atoms with E-state index in [4.69, 9.17) is 0 Å². The van der Waals surface area contributed by atoms with Gasteiger partial charge in [0, 0.05) is 16.2 Å². The number of hydrogen-bond acceptors (Lipinski definition) is 5. The lowest BCUT2D eigenvalue weighted by Crippen LogP contribution is -2.18. The minimum atomic E-state index is -4.53. The molecule has 0 saturated heterocycles. The van der Waals surface area contributed by atoms with Gasteiger partial charge in [-0.2, -0.15) is 13.2 Å². The zero-order valence-electron chi connectivity index (χ0n) is 15.8. The number of carbonyl (C=O) groups excluding carboxylic acids is 1. The van der Waals surface area contributed by atoms with Gasteiger partial charge >= 0.3 is 6.18 Å². The molecule has 0 bridgehead atoms. The highest BCUT2D eigenvalue weighted by atomic mass is 32.2. The predicted molar refractivity (Wildman–Crippen MR) is 110 cm³/mol. The number of rotatable bonds is 5. The Labute approximate surface area is 173 Å². The molecule has 1 amide bonds. The highest BCUT2D eigenvalue weighted by Gasteiger charge is 2.33. The number of carbonyl (C=O) groups is 1. The van der Waals surface area contributed by atoms with E-state index >= 15 is 0 Å². The first-order valence-corrected chi connectivity index (χ1v) is 10.9. The molecule has 1 saturated carbocycles. The van der Waals surface area contributed by atoms with Crippen molar-refractivity contribution in [2.45, 2.75) is 43.8 Å². The van der Waals surface area contributed by atoms with Crippen LogP contribution >= 0.6 is 23.1 Å². The molecule has 1 N–H and O–H groups in total. The van der Waals surface area contributed by atoms with Crippen LogP contribution in [0.4, 0.5) is 18.9 Å². The molecule has 9 heteroatoms. The molecule has 4 nitrogen and oxygen atoms in total. The Kier molecular flexibility index (Phi) is 5.29. The average molecular weight is 438 g/mol. The number of aromatic nitrogens is 2. The Hall–Kier alpha value is -2.13. The molecule has 0 atom stereocenters. The number of nitrogens with zero attached hydrogens (tertiary/aromatic N) is 2. The zero-order valence-corrected chi connectivity index (χ0v) is 17.4. The Bertz CT molecular complexity index is 1090. The van der Waals surface area contributed by atoms with Crippen molar-refractivity contribution in [3.8, 4) is 0 Å². The standard InChI is InChI=1S/C20H18F3N3OS2/c1-10-11(2)29-19-16(10)18(25-17(26-19)12-7-8-12)28-9-15(27)24-14-6-4-3-5-13(14)20(21,22)23/h3-6,12H,7-9H2,1-2H3,(H,24,27). The van der Waals surface area contributed by atoms with E-state index in [-0.39, 0.29) is 11.4 Å². The van der Waals surface area contributed by atoms with Crippen molar-refractivity contribution >= 4 is 44.9 Å². The number of fused-ring (bicyclic) bond motifs is 1. The molecule has 0 spiro atoms. The molecule has 0 unspecified atom stereocenters. The summed E-state index contributed by atoms with van der Waals surface area (Å²) in [5.74, 6) is 0.630. The van der Waals surface area contributed by atoms with Crippen molar-refractivity contribution in [2.75, 3.05) is 11.1 Å². The smallest absolute Gasteiger partial charge is 0.325 e. The van der Waals surface area contributed by atoms with Gasteiger partial charge in [-0.05, 0) is 44.4 Å². The number of nitrogens with one attached hydrogen (secondary N) is 1. The van der Waals surface area contributed by atoms with Crippen molar-refractivity contribution in [1.82, 2.24) is 9.97 Å². The van der Waals surface area contributed by atoms with Crippen LogP contribution in [0, 0.1) is 13.8 Å². The van der Waals surface area contributed by atoms with Gasteiger partial charge in [-0.3, -0.25) is 4.79 Å². The van der Waals surface area contributed by atoms with Gasteiger partial charge in [0.05, 0.1) is 17.0 Å². The van der Waals surface area contributed by atoms with E-state index in [1.807, 2.05) is 13.8 Å². The normalized spacial score (nSPS) is 14.4. The maximum absolute atomic E-state index is 13.1. The number of para-hydroxylation sites is 1. The second kappa shape index (κ2) is 7.60. The van der Waals surface area contributed by atoms with Gasteiger partial charge < -0.3 is 5.32 Å². The van der Waals surface area contributed by atoms with Crippen molar-refractivity contribution in [3.05, 3.63) is 46.1 Å². The highest BCUT2D eigenvalue weighted by Crippen LogP contribution is 2.42. The molecule has 2 aromatic heterocycles. The average Bonchev–Trinajstić information content (AvgIpc) is 3.46. The maximum Gasteiger partial charge on any atom is 0.418 e. The van der Waals surface area contributed by atoms with Crippen LogP contribution in [0.3, 0.4) is 0 Å². The molecule has 1 aromatic carbocycles. The number of hydrogen-bond donors (Lipinski definition) is 1. The van der Waals surface area contributed by atoms with Crippen molar-refractivity contribution < 1.29 is 18.0 Å². The van der Waals surface area contributed by atoms with Gasteiger partial charge in [-0.25, -0.2) is 9.97 Å². The van der Waals surface area contributed by atoms with Crippen molar-refractivity contribution in [2.24, 2.45) is 0 Å². The predicted octanol–water partition coefficient (Wildman–Crippen LogP) is 5.94. The van der Waals surface area contributed by atoms with E-state index in [2.05, 4.69) is 15.3 Å². The molecule has 152 valence electrons. The topological polar surface area (TPSA) is 54.9 Å². The second-order valence-corrected chi connectivity index (χ2v) is 9.17. The number of benzene rings is 1. The third-order valence-corrected chi connectivity index (χ3v) is 6.88. The molecule has 1 aliphatic carbocycles. The van der Waals surface area contributed by atoms with Crippen LogP contribution in [-0.4, -0.2) is 21.6 Å². The molecular weight excluding hydrogens is 419 g/mol. The monoisotopic (exact) mass is 437 g/mol. The van der Waals surface area contributed by atoms with E-state index in [0.717, 1.165) is 50.4 Å². The number of amides is 1. The first-order chi connectivity index (χ1) is 13.7. The summed E-state index contributed by atoms with van der Waals surface area (Å²) in [6, 6.07) is 4.97. The van der Waals surface area contributed by atoms with Gasteiger partial charge in [0.2, 0.25) is 5.91 Å². The number of aryl methyl sites for hydroxylation is 2. The zero-order chi connectivity index (χ0) is 20.8. The van der Waals surface area contributed by atoms with Gasteiger partial charge in [0.15, 0.2) is 0 Å². The molecule has 3 aromatic rings. The Morgan fingerprint density at radius 3 is 2.66 bits per heavy atom. The highest BCUT2D eigenvalue weighted by molar-refractivity contribution is 8.00. The maximum atomic E-state index is 13.1. The van der Waals surface area contributed by atoms with E-state index in [1.54, 1.807) is 11.3 Å². The second-order valence-electron chi connectivity index (χ2n) is 7.00. The number of anilines is 1. The molecule has 29 heavy (non-hydrogen) atoms. The quantitative estimate of drug-likeness (QED) is 0.397. The summed E-state index contributed by atoms with van der Waals surface area (Å²) in [6.07, 6.45) is -2.40. The van der Waals surface area contributed by atoms with Gasteiger partial charge in [0.25, 0.3) is 0 Å². The molecule has 1 aliphatic rings. The Morgan fingerprint density at radius 1 is 1.24 bits per heavy atom. The third kappa shape index (κ3) is 4.25. The van der Waals surface area contributed by atoms with E-state index in [9.17, 15) is 18.0 Å². The first kappa shape index (κ1) is 20.2. The number of halogens is 3. The van der Waals surface area contributed by atoms with Crippen LogP contribution in [0.25, 0.3) is 10.2 Å². The lowest BCUT2D eigenvalue weighted by atomic mass is 10.1. The number of thioether (sulfide) groups is 1. The number of alkyl halides is 3. The lowest BCUT2D eigenvalue weighted by molar-refractivity contribution is -0.137. The fourth-order valence-electron chi connectivity index (χ4n) is 3.02. The van der Waals surface area contributed by atoms with Crippen LogP contribution in [0.15, 0.2) is 29.3 Å². The van der Waals surface area contributed by atoms with Crippen LogP contribution in [0.1, 0.15) is 40.6 Å². The molecule has 1 fully saturated rings. The molecule has 0 aliphatic heterocycles. The van der Waals surface area contributed by atoms with Gasteiger partial charge in [-0.15, -0.1) is 11.3 Å². The number of thiophene rings is 1. The van der Waals surface area contributed by atoms with Crippen LogP contribution < -0.4 is 5.32 Å². The van der Waals surface area contributed by atoms with E-state index < -0.39 is 17.6 Å². The fourth-order valence-corrected chi connectivity index (χ4v) is 5.01. The SMILES string of the molecule is Cc1sc2nc(C3CC3)nc(SCC(=O)Nc3ccccc3C(F)(F)F)c2c1C. The summed E-state index contributed by atoms with van der Waals surface area (Å²) >= 11 is 2.84. The van der Waals surface area contributed by atoms with Crippen molar-refractivity contribution in [1.29, 1.82) is 0 Å². The van der Waals surface area contributed by atoms with Crippen LogP contribution in [-0.2, 0) is 11.0 Å². The molecular formula is C20H18F3N3OS2. The van der Waals surface area contributed by atoms with Gasteiger partial charge in [0.1, 0.15) is 15.7 Å². The van der Waals surface area contributed by atoms with Crippen LogP contribution in [0.5, 0.6) is 0 Å². The molecule has 2 heterocycles. The first-order valence-electron chi connectivity index (χ1n) is 9.10. The van der Waals surface area contributed by atoms with E-state index in [1.165, 1.54) is 30.0 Å². The summed E-state index contributed by atoms with van der Waals surface area (Å²) in [4.78, 5) is 23.8.